The smallest absolute Gasteiger partial charge is 0.244 e. The van der Waals surface area contributed by atoms with Crippen LogP contribution in [0.1, 0.15) is 5.56 Å². The lowest BCUT2D eigenvalue weighted by Gasteiger charge is -2.06. The molecule has 0 bridgehead atoms. The van der Waals surface area contributed by atoms with Crippen LogP contribution in [-0.2, 0) is 9.84 Å². The summed E-state index contributed by atoms with van der Waals surface area (Å²) in [6, 6.07) is 1.91. The molecule has 1 radical (unpaired) electrons. The van der Waals surface area contributed by atoms with E-state index >= 15 is 0 Å². The summed E-state index contributed by atoms with van der Waals surface area (Å²) in [6.07, 6.45) is 0.957. The van der Waals surface area contributed by atoms with E-state index in [0.717, 1.165) is 18.3 Å². The highest BCUT2D eigenvalue weighted by Crippen LogP contribution is 2.28. The summed E-state index contributed by atoms with van der Waals surface area (Å²) < 4.78 is 57.4. The van der Waals surface area contributed by atoms with Gasteiger partial charge in [-0.05, 0) is 18.6 Å². The van der Waals surface area contributed by atoms with Crippen LogP contribution in [0.25, 0.3) is 0 Å². The van der Waals surface area contributed by atoms with Crippen LogP contribution in [0.15, 0.2) is 23.4 Å². The second kappa shape index (κ2) is 3.23. The van der Waals surface area contributed by atoms with E-state index in [2.05, 4.69) is 11.9 Å². The Hall–Kier alpha value is -1.11. The number of pyridine rings is 1. The van der Waals surface area contributed by atoms with Crippen molar-refractivity contribution < 1.29 is 21.6 Å². The molecule has 0 aliphatic rings. The topological polar surface area (TPSA) is 47.0 Å². The predicted molar refractivity (Wildman–Crippen MR) is 41.9 cm³/mol. The summed E-state index contributed by atoms with van der Waals surface area (Å²) in [6.45, 7) is 3.37. The largest absolute Gasteiger partial charge is 0.503 e. The lowest BCUT2D eigenvalue weighted by molar-refractivity contribution is -0.0438. The Labute approximate surface area is 78.5 Å². The monoisotopic (exact) mass is 224 g/mol. The fourth-order valence-corrected chi connectivity index (χ4v) is 1.36. The maximum absolute atomic E-state index is 12.0. The van der Waals surface area contributed by atoms with E-state index in [1.165, 1.54) is 0 Å². The molecule has 7 heteroatoms. The Morgan fingerprint density at radius 3 is 2.21 bits per heavy atom. The first-order valence-electron chi connectivity index (χ1n) is 3.34. The third-order valence-electron chi connectivity index (χ3n) is 1.38. The van der Waals surface area contributed by atoms with Gasteiger partial charge in [0.15, 0.2) is 5.03 Å². The molecule has 77 valence electrons. The van der Waals surface area contributed by atoms with Gasteiger partial charge in [0.05, 0.1) is 0 Å². The van der Waals surface area contributed by atoms with Crippen molar-refractivity contribution in [3.8, 4) is 0 Å². The van der Waals surface area contributed by atoms with Gasteiger partial charge in [0.25, 0.3) is 9.84 Å². The van der Waals surface area contributed by atoms with Crippen molar-refractivity contribution >= 4 is 9.84 Å². The number of halogens is 3. The highest BCUT2D eigenvalue weighted by Gasteiger charge is 2.47. The molecular formula is C7H5F3NO2S. The van der Waals surface area contributed by atoms with Crippen LogP contribution < -0.4 is 0 Å². The van der Waals surface area contributed by atoms with Crippen LogP contribution >= 0.6 is 0 Å². The molecular weight excluding hydrogens is 219 g/mol. The standard InChI is InChI=1S/C7H5F3NO2S/c1-5-2-3-6(11-4-5)14(12,13)7(8,9)10/h2-4H,1H2. The van der Waals surface area contributed by atoms with Crippen molar-refractivity contribution in [1.29, 1.82) is 0 Å². The molecule has 14 heavy (non-hydrogen) atoms. The molecule has 3 nitrogen and oxygen atoms in total. The molecule has 1 aromatic heterocycles. The van der Waals surface area contributed by atoms with Gasteiger partial charge in [0, 0.05) is 6.20 Å². The summed E-state index contributed by atoms with van der Waals surface area (Å²) in [4.78, 5) is 3.15. The predicted octanol–water partition coefficient (Wildman–Crippen LogP) is 1.56. The maximum Gasteiger partial charge on any atom is 0.503 e. The number of rotatable bonds is 1. The number of hydrogen-bond acceptors (Lipinski definition) is 3. The van der Waals surface area contributed by atoms with Crippen molar-refractivity contribution in [1.82, 2.24) is 4.98 Å². The molecule has 1 rings (SSSR count). The molecule has 0 N–H and O–H groups in total. The molecule has 0 fully saturated rings. The molecule has 0 spiro atoms. The van der Waals surface area contributed by atoms with Crippen molar-refractivity contribution in [3.63, 3.8) is 0 Å². The van der Waals surface area contributed by atoms with E-state index in [9.17, 15) is 21.6 Å². The van der Waals surface area contributed by atoms with Gasteiger partial charge >= 0.3 is 5.51 Å². The van der Waals surface area contributed by atoms with Crippen LogP contribution in [0, 0.1) is 6.92 Å². The molecule has 0 aromatic carbocycles. The zero-order chi connectivity index (χ0) is 11.0. The number of nitrogens with zero attached hydrogens (tertiary/aromatic N) is 1. The molecule has 0 saturated heterocycles. The molecule has 0 atom stereocenters. The summed E-state index contributed by atoms with van der Waals surface area (Å²) in [7, 11) is -5.33. The second-order valence-corrected chi connectivity index (χ2v) is 4.34. The molecule has 0 aliphatic carbocycles. The Morgan fingerprint density at radius 2 is 1.86 bits per heavy atom. The third kappa shape index (κ3) is 1.87. The van der Waals surface area contributed by atoms with E-state index < -0.39 is 20.4 Å². The summed E-state index contributed by atoms with van der Waals surface area (Å²) >= 11 is 0. The molecule has 0 unspecified atom stereocenters. The van der Waals surface area contributed by atoms with Crippen molar-refractivity contribution in [2.75, 3.05) is 0 Å². The zero-order valence-corrected chi connectivity index (χ0v) is 7.56. The van der Waals surface area contributed by atoms with E-state index in [1.54, 1.807) is 0 Å². The summed E-state index contributed by atoms with van der Waals surface area (Å²) in [5, 5.41) is -1.02. The Kier molecular flexibility index (Phi) is 2.53. The van der Waals surface area contributed by atoms with Gasteiger partial charge in [-0.2, -0.15) is 13.2 Å². The van der Waals surface area contributed by atoms with Crippen molar-refractivity contribution in [2.24, 2.45) is 0 Å². The van der Waals surface area contributed by atoms with Crippen LogP contribution in [0.4, 0.5) is 13.2 Å². The average Bonchev–Trinajstić information content (AvgIpc) is 2.03. The lowest BCUT2D eigenvalue weighted by atomic mass is 10.3. The summed E-state index contributed by atoms with van der Waals surface area (Å²) in [5.74, 6) is 0. The Bertz CT molecular complexity index is 421. The van der Waals surface area contributed by atoms with E-state index in [1.807, 2.05) is 0 Å². The van der Waals surface area contributed by atoms with Crippen LogP contribution in [0.5, 0.6) is 0 Å². The van der Waals surface area contributed by atoms with E-state index in [-0.39, 0.29) is 0 Å². The average molecular weight is 224 g/mol. The van der Waals surface area contributed by atoms with Gasteiger partial charge in [-0.3, -0.25) is 0 Å². The minimum absolute atomic E-state index is 0.339. The maximum atomic E-state index is 12.0. The van der Waals surface area contributed by atoms with Gasteiger partial charge in [0.1, 0.15) is 0 Å². The highest BCUT2D eigenvalue weighted by atomic mass is 32.2. The third-order valence-corrected chi connectivity index (χ3v) is 2.78. The SMILES string of the molecule is [CH2]c1ccc(S(=O)(=O)C(F)(F)F)nc1. The van der Waals surface area contributed by atoms with Gasteiger partial charge in [-0.1, -0.05) is 6.07 Å². The normalized spacial score (nSPS) is 12.9. The number of hydrogen-bond donors (Lipinski definition) is 0. The van der Waals surface area contributed by atoms with Crippen LogP contribution in [0.3, 0.4) is 0 Å². The number of alkyl halides is 3. The highest BCUT2D eigenvalue weighted by molar-refractivity contribution is 7.92. The summed E-state index contributed by atoms with van der Waals surface area (Å²) in [5.41, 5.74) is -4.98. The second-order valence-electron chi connectivity index (χ2n) is 2.45. The molecule has 0 saturated carbocycles. The van der Waals surface area contributed by atoms with Crippen LogP contribution in [0.2, 0.25) is 0 Å². The van der Waals surface area contributed by atoms with Crippen molar-refractivity contribution in [2.45, 2.75) is 10.5 Å². The number of sulfone groups is 1. The fourth-order valence-electron chi connectivity index (χ4n) is 0.688. The van der Waals surface area contributed by atoms with Crippen LogP contribution in [-0.4, -0.2) is 18.9 Å². The van der Waals surface area contributed by atoms with Gasteiger partial charge in [-0.15, -0.1) is 0 Å². The zero-order valence-electron chi connectivity index (χ0n) is 6.75. The van der Waals surface area contributed by atoms with E-state index in [4.69, 9.17) is 0 Å². The molecule has 1 heterocycles. The first kappa shape index (κ1) is 11.0. The quantitative estimate of drug-likeness (QED) is 0.727. The minimum Gasteiger partial charge on any atom is -0.244 e. The Morgan fingerprint density at radius 1 is 1.29 bits per heavy atom. The molecule has 1 aromatic rings. The fraction of sp³-hybridized carbons (Fsp3) is 0.143. The van der Waals surface area contributed by atoms with Gasteiger partial charge in [-0.25, -0.2) is 13.4 Å². The Balaban J connectivity index is 3.25. The van der Waals surface area contributed by atoms with Gasteiger partial charge < -0.3 is 0 Å². The molecule has 0 amide bonds. The van der Waals surface area contributed by atoms with E-state index in [0.29, 0.717) is 5.56 Å². The lowest BCUT2D eigenvalue weighted by Crippen LogP contribution is -2.24. The van der Waals surface area contributed by atoms with Crippen molar-refractivity contribution in [3.05, 3.63) is 30.8 Å². The number of aromatic nitrogens is 1. The first-order valence-corrected chi connectivity index (χ1v) is 4.83. The molecule has 0 aliphatic heterocycles. The first-order chi connectivity index (χ1) is 6.25. The van der Waals surface area contributed by atoms with Gasteiger partial charge in [0.2, 0.25) is 0 Å². The minimum atomic E-state index is -5.33.